The minimum absolute atomic E-state index is 0.0103. The minimum atomic E-state index is -1.18. The van der Waals surface area contributed by atoms with Crippen LogP contribution in [0.5, 0.6) is 0 Å². The quantitative estimate of drug-likeness (QED) is 0.289. The molecule has 0 aromatic rings. The Morgan fingerprint density at radius 2 is 0.721 bits per heavy atom. The van der Waals surface area contributed by atoms with Crippen molar-refractivity contribution in [3.05, 3.63) is 0 Å². The lowest BCUT2D eigenvalue weighted by Gasteiger charge is -2.58. The topological polar surface area (TPSA) is 148 Å². The number of hydrogen-bond donors (Lipinski definition) is 3. The SMILES string of the molecule is CCN1C(C)(C)CC2(CC1(C)C)OC(C)(C)N(CC(O)CN1C(=O)C3(CC(C)(C)N(CC(O)CN4C(=O)C5(CC(C)(C)NC(C)(C)C5)OC4(C)C)C(C)(C)C3)OC1(C)C)C2=O. The first-order chi connectivity index (χ1) is 27.2. The second kappa shape index (κ2) is 14.3. The standard InChI is InChI=1S/C47H84N6O8/c1-20-52-38(6,7)27-46(28-39(52,8)9)34(57)49(43(16,17)60-46)21-31(54)22-50-35(58)47(61-44(50,18)19)29-40(10,11)53(41(12,13)30-47)24-32(55)23-51-33(56)45(59-42(51,14)15)25-36(2,3)48-37(4,5)26-45/h31-32,48,54-55H,20-30H2,1-19H3. The Hall–Kier alpha value is -1.91. The van der Waals surface area contributed by atoms with Gasteiger partial charge in [-0.15, -0.1) is 0 Å². The number of β-amino-alcohol motifs (C(OH)–C–C–N with tert-alkyl or cyclic N) is 2. The fraction of sp³-hybridized carbons (Fsp3) is 0.936. The third kappa shape index (κ3) is 8.33. The van der Waals surface area contributed by atoms with Crippen LogP contribution in [0.15, 0.2) is 0 Å². The van der Waals surface area contributed by atoms with Crippen molar-refractivity contribution in [2.24, 2.45) is 0 Å². The number of aliphatic hydroxyl groups is 2. The van der Waals surface area contributed by atoms with Gasteiger partial charge in [-0.2, -0.15) is 0 Å². The Morgan fingerprint density at radius 3 is 1.02 bits per heavy atom. The molecule has 6 aliphatic heterocycles. The number of nitrogens with zero attached hydrogens (tertiary/aromatic N) is 5. The molecule has 0 aromatic heterocycles. The first-order valence-electron chi connectivity index (χ1n) is 23.0. The van der Waals surface area contributed by atoms with Gasteiger partial charge in [0.2, 0.25) is 0 Å². The fourth-order valence-corrected chi connectivity index (χ4v) is 14.5. The van der Waals surface area contributed by atoms with Gasteiger partial charge in [0.25, 0.3) is 17.7 Å². The Morgan fingerprint density at radius 1 is 0.459 bits per heavy atom. The molecule has 0 radical (unpaired) electrons. The number of rotatable bonds is 9. The summed E-state index contributed by atoms with van der Waals surface area (Å²) in [4.78, 5) is 53.4. The summed E-state index contributed by atoms with van der Waals surface area (Å²) in [6.45, 7) is 40.1. The molecule has 3 spiro atoms. The summed E-state index contributed by atoms with van der Waals surface area (Å²) in [5.41, 5.74) is -8.51. The van der Waals surface area contributed by atoms with Crippen molar-refractivity contribution in [3.8, 4) is 0 Å². The summed E-state index contributed by atoms with van der Waals surface area (Å²) < 4.78 is 20.3. The van der Waals surface area contributed by atoms with Crippen LogP contribution in [-0.4, -0.2) is 165 Å². The van der Waals surface area contributed by atoms with E-state index in [4.69, 9.17) is 14.2 Å². The van der Waals surface area contributed by atoms with Crippen molar-refractivity contribution < 1.29 is 38.8 Å². The molecule has 0 aliphatic carbocycles. The molecule has 3 amide bonds. The smallest absolute Gasteiger partial charge is 0.257 e. The molecule has 0 bridgehead atoms. The van der Waals surface area contributed by atoms with Crippen LogP contribution >= 0.6 is 0 Å². The number of carbonyl (C=O) groups excluding carboxylic acids is 3. The van der Waals surface area contributed by atoms with E-state index in [2.05, 4.69) is 105 Å². The lowest BCUT2D eigenvalue weighted by atomic mass is 9.70. The molecule has 6 fully saturated rings. The van der Waals surface area contributed by atoms with Gasteiger partial charge in [0.15, 0.2) is 16.8 Å². The molecular weight excluding hydrogens is 777 g/mol. The Bertz CT molecular complexity index is 1710. The zero-order chi connectivity index (χ0) is 46.4. The van der Waals surface area contributed by atoms with Crippen molar-refractivity contribution >= 4 is 17.7 Å². The van der Waals surface area contributed by atoms with Gasteiger partial charge in [0.05, 0.1) is 31.8 Å². The first kappa shape index (κ1) is 48.5. The van der Waals surface area contributed by atoms with Crippen LogP contribution in [0.25, 0.3) is 0 Å². The van der Waals surface area contributed by atoms with Crippen molar-refractivity contribution in [1.82, 2.24) is 29.8 Å². The highest BCUT2D eigenvalue weighted by Gasteiger charge is 2.67. The Balaban J connectivity index is 1.15. The van der Waals surface area contributed by atoms with E-state index in [1.165, 1.54) is 0 Å². The number of carbonyl (C=O) groups is 3. The van der Waals surface area contributed by atoms with Gasteiger partial charge in [-0.25, -0.2) is 0 Å². The van der Waals surface area contributed by atoms with E-state index in [1.807, 2.05) is 41.5 Å². The second-order valence-electron chi connectivity index (χ2n) is 25.2. The van der Waals surface area contributed by atoms with Gasteiger partial charge in [-0.05, 0) is 131 Å². The monoisotopic (exact) mass is 861 g/mol. The third-order valence-corrected chi connectivity index (χ3v) is 15.0. The van der Waals surface area contributed by atoms with Crippen LogP contribution in [0.3, 0.4) is 0 Å². The number of ether oxygens (including phenoxy) is 3. The number of amides is 3. The van der Waals surface area contributed by atoms with Crippen LogP contribution in [0.1, 0.15) is 170 Å². The molecule has 350 valence electrons. The molecule has 0 aromatic carbocycles. The predicted molar refractivity (Wildman–Crippen MR) is 235 cm³/mol. The van der Waals surface area contributed by atoms with Crippen LogP contribution < -0.4 is 5.32 Å². The van der Waals surface area contributed by atoms with Gasteiger partial charge in [-0.1, -0.05) is 6.92 Å². The largest absolute Gasteiger partial charge is 0.390 e. The molecule has 6 aliphatic rings. The highest BCUT2D eigenvalue weighted by atomic mass is 16.6. The molecule has 2 atom stereocenters. The zero-order valence-corrected chi connectivity index (χ0v) is 41.5. The molecule has 6 heterocycles. The van der Waals surface area contributed by atoms with Crippen molar-refractivity contribution in [3.63, 3.8) is 0 Å². The average molecular weight is 861 g/mol. The van der Waals surface area contributed by atoms with Gasteiger partial charge >= 0.3 is 0 Å². The Kier molecular flexibility index (Phi) is 11.4. The summed E-state index contributed by atoms with van der Waals surface area (Å²) in [6.07, 6.45) is 0.911. The lowest BCUT2D eigenvalue weighted by Crippen LogP contribution is -2.69. The summed E-state index contributed by atoms with van der Waals surface area (Å²) in [6, 6.07) is 0. The maximum Gasteiger partial charge on any atom is 0.257 e. The highest BCUT2D eigenvalue weighted by Crippen LogP contribution is 2.54. The van der Waals surface area contributed by atoms with E-state index < -0.39 is 57.3 Å². The molecule has 14 heteroatoms. The molecule has 3 N–H and O–H groups in total. The number of aliphatic hydroxyl groups excluding tert-OH is 2. The normalized spacial score (nSPS) is 32.0. The Labute approximate surface area is 367 Å². The maximum absolute atomic E-state index is 14.8. The molecule has 6 rings (SSSR count). The van der Waals surface area contributed by atoms with Crippen molar-refractivity contribution in [2.45, 2.75) is 249 Å². The first-order valence-corrected chi connectivity index (χ1v) is 23.0. The summed E-state index contributed by atoms with van der Waals surface area (Å²) in [5.74, 6) is -0.387. The summed E-state index contributed by atoms with van der Waals surface area (Å²) in [5, 5.41) is 27.3. The molecular formula is C47H84N6O8. The van der Waals surface area contributed by atoms with Crippen LogP contribution in [0.4, 0.5) is 0 Å². The number of nitrogens with one attached hydrogen (secondary N) is 1. The predicted octanol–water partition coefficient (Wildman–Crippen LogP) is 4.98. The number of piperidine rings is 3. The van der Waals surface area contributed by atoms with Gasteiger partial charge < -0.3 is 44.4 Å². The van der Waals surface area contributed by atoms with Crippen LogP contribution in [-0.2, 0) is 28.6 Å². The third-order valence-electron chi connectivity index (χ3n) is 15.0. The molecule has 2 unspecified atom stereocenters. The zero-order valence-electron chi connectivity index (χ0n) is 41.5. The van der Waals surface area contributed by atoms with Gasteiger partial charge in [-0.3, -0.25) is 24.2 Å². The number of hydrogen-bond acceptors (Lipinski definition) is 11. The lowest BCUT2D eigenvalue weighted by molar-refractivity contribution is -0.191. The number of likely N-dealkylation sites (tertiary alicyclic amines) is 2. The molecule has 14 nitrogen and oxygen atoms in total. The minimum Gasteiger partial charge on any atom is -0.390 e. The van der Waals surface area contributed by atoms with Crippen LogP contribution in [0.2, 0.25) is 0 Å². The van der Waals surface area contributed by atoms with Gasteiger partial charge in [0.1, 0.15) is 17.2 Å². The van der Waals surface area contributed by atoms with Crippen molar-refractivity contribution in [1.29, 1.82) is 0 Å². The second-order valence-corrected chi connectivity index (χ2v) is 25.2. The molecule has 61 heavy (non-hydrogen) atoms. The van der Waals surface area contributed by atoms with Gasteiger partial charge in [0, 0.05) is 78.3 Å². The fourth-order valence-electron chi connectivity index (χ4n) is 14.5. The maximum atomic E-state index is 14.8. The van der Waals surface area contributed by atoms with E-state index in [-0.39, 0.29) is 66.1 Å². The molecule has 6 saturated heterocycles. The van der Waals surface area contributed by atoms with Crippen molar-refractivity contribution in [2.75, 3.05) is 32.7 Å². The molecule has 0 saturated carbocycles. The van der Waals surface area contributed by atoms with E-state index >= 15 is 0 Å². The van der Waals surface area contributed by atoms with E-state index in [0.717, 1.165) is 6.54 Å². The van der Waals surface area contributed by atoms with E-state index in [0.29, 0.717) is 38.5 Å². The summed E-state index contributed by atoms with van der Waals surface area (Å²) >= 11 is 0. The van der Waals surface area contributed by atoms with E-state index in [1.54, 1.807) is 14.7 Å². The summed E-state index contributed by atoms with van der Waals surface area (Å²) in [7, 11) is 0. The van der Waals surface area contributed by atoms with E-state index in [9.17, 15) is 24.6 Å². The van der Waals surface area contributed by atoms with Crippen LogP contribution in [0, 0.1) is 0 Å². The average Bonchev–Trinajstić information content (AvgIpc) is 3.37. The highest BCUT2D eigenvalue weighted by molar-refractivity contribution is 5.90.